The Hall–Kier alpha value is -5.33. The molecule has 4 atom stereocenters. The molecule has 1 saturated heterocycles. The Bertz CT molecular complexity index is 2280. The highest BCUT2D eigenvalue weighted by Crippen LogP contribution is 2.60. The average molecular weight is 814 g/mol. The molecule has 10 nitrogen and oxygen atoms in total. The number of hydrogen-bond acceptors (Lipinski definition) is 7. The standard InChI is InChI=1S/C48H55N3O7Si/c1-32(2)15-14-16-33(3)25-26-50-39-24-23-36(51-40-20-11-13-22-42(40)57-41-21-12-10-19-37(41)46(51)54)29-38(39)48(47(50)55)34(4)45(59(5,6)56)43(58-48)30-44(53)49(27-28-52)31-35-17-8-7-9-18-35/h7-13,15,17-25,29,34,43,45,52,56H,14,16,26-28,30-31H2,1-6H3/b33-25+/t34-,43+,45-,48+/m0/s1. The fourth-order valence-electron chi connectivity index (χ4n) is 9.11. The number of fused-ring (bicyclic) bond motifs is 4. The van der Waals surface area contributed by atoms with Crippen LogP contribution in [-0.4, -0.2) is 66.6 Å². The number of carbonyl (C=O) groups is 3. The summed E-state index contributed by atoms with van der Waals surface area (Å²) in [7, 11) is -3.14. The fourth-order valence-corrected chi connectivity index (χ4v) is 11.7. The molecule has 2 N–H and O–H groups in total. The van der Waals surface area contributed by atoms with Crippen molar-refractivity contribution in [3.63, 3.8) is 0 Å². The van der Waals surface area contributed by atoms with Crippen LogP contribution in [0.15, 0.2) is 120 Å². The lowest BCUT2D eigenvalue weighted by molar-refractivity contribution is -0.149. The molecule has 3 heterocycles. The summed E-state index contributed by atoms with van der Waals surface area (Å²) < 4.78 is 13.4. The number of aliphatic hydroxyl groups excluding tert-OH is 1. The zero-order chi connectivity index (χ0) is 42.1. The molecule has 3 amide bonds. The molecule has 7 rings (SSSR count). The maximum Gasteiger partial charge on any atom is 0.266 e. The van der Waals surface area contributed by atoms with Crippen LogP contribution in [0.25, 0.3) is 0 Å². The molecule has 1 fully saturated rings. The number of hydrogen-bond donors (Lipinski definition) is 2. The molecule has 4 aromatic rings. The molecule has 0 bridgehead atoms. The second-order valence-corrected chi connectivity index (χ2v) is 20.8. The Balaban J connectivity index is 1.33. The van der Waals surface area contributed by atoms with Gasteiger partial charge in [0.1, 0.15) is 5.75 Å². The Kier molecular flexibility index (Phi) is 12.1. The fraction of sp³-hybridized carbons (Fsp3) is 0.354. The van der Waals surface area contributed by atoms with Gasteiger partial charge in [-0.05, 0) is 94.7 Å². The minimum absolute atomic E-state index is 0.0850. The molecule has 0 saturated carbocycles. The molecule has 0 radical (unpaired) electrons. The smallest absolute Gasteiger partial charge is 0.266 e. The zero-order valence-corrected chi connectivity index (χ0v) is 35.9. The second kappa shape index (κ2) is 17.1. The number of anilines is 3. The van der Waals surface area contributed by atoms with Gasteiger partial charge < -0.3 is 29.2 Å². The SMILES string of the molecule is CC(C)=CCC/C(C)=C/CN1C(=O)[C@]2(O[C@H](CC(=O)N(CCO)Cc3ccccc3)[C@@H]([Si](C)(C)O)[C@@H]2C)c2cc(N3C(=O)c4ccccc4Oc4ccccc43)ccc21. The van der Waals surface area contributed by atoms with Gasteiger partial charge in [-0.1, -0.05) is 84.8 Å². The largest absolute Gasteiger partial charge is 0.454 e. The lowest BCUT2D eigenvalue weighted by Crippen LogP contribution is -2.46. The average Bonchev–Trinajstić information content (AvgIpc) is 3.58. The highest BCUT2D eigenvalue weighted by atomic mass is 28.4. The number of ether oxygens (including phenoxy) is 2. The molecular weight excluding hydrogens is 759 g/mol. The summed E-state index contributed by atoms with van der Waals surface area (Å²) in [5.74, 6) is -0.388. The van der Waals surface area contributed by atoms with Crippen LogP contribution in [0.5, 0.6) is 11.5 Å². The van der Waals surface area contributed by atoms with Crippen LogP contribution in [0.1, 0.15) is 68.4 Å². The number of para-hydroxylation sites is 3. The maximum absolute atomic E-state index is 15.3. The van der Waals surface area contributed by atoms with Gasteiger partial charge in [0.15, 0.2) is 19.7 Å². The molecule has 3 aliphatic rings. The first-order chi connectivity index (χ1) is 28.2. The minimum atomic E-state index is -3.14. The summed E-state index contributed by atoms with van der Waals surface area (Å²) >= 11 is 0. The minimum Gasteiger partial charge on any atom is -0.454 e. The molecule has 1 spiro atoms. The first kappa shape index (κ1) is 41.8. The van der Waals surface area contributed by atoms with Gasteiger partial charge in [0.25, 0.3) is 11.8 Å². The lowest BCUT2D eigenvalue weighted by atomic mass is 9.82. The summed E-state index contributed by atoms with van der Waals surface area (Å²) in [6.45, 7) is 12.4. The van der Waals surface area contributed by atoms with Gasteiger partial charge in [-0.3, -0.25) is 19.3 Å². The van der Waals surface area contributed by atoms with Gasteiger partial charge in [0.05, 0.1) is 36.1 Å². The highest BCUT2D eigenvalue weighted by Gasteiger charge is 2.66. The van der Waals surface area contributed by atoms with Crippen LogP contribution in [0.2, 0.25) is 18.6 Å². The van der Waals surface area contributed by atoms with Gasteiger partial charge in [0.2, 0.25) is 5.91 Å². The van der Waals surface area contributed by atoms with E-state index in [9.17, 15) is 19.5 Å². The van der Waals surface area contributed by atoms with Gasteiger partial charge in [-0.15, -0.1) is 0 Å². The molecule has 59 heavy (non-hydrogen) atoms. The molecule has 0 aliphatic carbocycles. The van der Waals surface area contributed by atoms with Crippen LogP contribution in [-0.2, 0) is 26.5 Å². The number of rotatable bonds is 13. The van der Waals surface area contributed by atoms with Crippen LogP contribution in [0, 0.1) is 5.92 Å². The number of allylic oxidation sites excluding steroid dienone is 3. The highest BCUT2D eigenvalue weighted by molar-refractivity contribution is 6.71. The van der Waals surface area contributed by atoms with Gasteiger partial charge in [-0.2, -0.15) is 0 Å². The molecule has 0 unspecified atom stereocenters. The second-order valence-electron chi connectivity index (χ2n) is 16.8. The van der Waals surface area contributed by atoms with Crippen molar-refractivity contribution in [2.45, 2.75) is 83.8 Å². The van der Waals surface area contributed by atoms with E-state index >= 15 is 4.79 Å². The Morgan fingerprint density at radius 1 is 0.898 bits per heavy atom. The third kappa shape index (κ3) is 8.17. The van der Waals surface area contributed by atoms with Gasteiger partial charge >= 0.3 is 0 Å². The Morgan fingerprint density at radius 2 is 1.59 bits per heavy atom. The van der Waals surface area contributed by atoms with Crippen LogP contribution < -0.4 is 14.5 Å². The number of carbonyl (C=O) groups excluding carboxylic acids is 3. The molecule has 11 heteroatoms. The quantitative estimate of drug-likeness (QED) is 0.102. The van der Waals surface area contributed by atoms with E-state index < -0.39 is 31.5 Å². The molecule has 3 aliphatic heterocycles. The van der Waals surface area contributed by atoms with E-state index in [-0.39, 0.29) is 37.3 Å². The van der Waals surface area contributed by atoms with Crippen molar-refractivity contribution >= 4 is 43.1 Å². The van der Waals surface area contributed by atoms with E-state index in [0.29, 0.717) is 52.8 Å². The van der Waals surface area contributed by atoms with Crippen molar-refractivity contribution in [3.8, 4) is 11.5 Å². The maximum atomic E-state index is 15.3. The number of nitrogens with zero attached hydrogens (tertiary/aromatic N) is 3. The Labute approximate surface area is 348 Å². The normalized spacial score (nSPS) is 21.2. The monoisotopic (exact) mass is 813 g/mol. The summed E-state index contributed by atoms with van der Waals surface area (Å²) in [6.07, 6.45) is 5.14. The summed E-state index contributed by atoms with van der Waals surface area (Å²) in [6, 6.07) is 29.7. The van der Waals surface area contributed by atoms with Crippen molar-refractivity contribution in [1.82, 2.24) is 4.90 Å². The topological polar surface area (TPSA) is 120 Å². The van der Waals surface area contributed by atoms with Crippen molar-refractivity contribution in [2.75, 3.05) is 29.5 Å². The summed E-state index contributed by atoms with van der Waals surface area (Å²) in [5.41, 5.74) is 3.94. The van der Waals surface area contributed by atoms with E-state index in [0.717, 1.165) is 24.0 Å². The Morgan fingerprint density at radius 3 is 2.31 bits per heavy atom. The van der Waals surface area contributed by atoms with Crippen molar-refractivity contribution in [2.24, 2.45) is 5.92 Å². The zero-order valence-electron chi connectivity index (χ0n) is 34.9. The predicted molar refractivity (Wildman–Crippen MR) is 233 cm³/mol. The number of amides is 3. The van der Waals surface area contributed by atoms with Crippen LogP contribution in [0.3, 0.4) is 0 Å². The first-order valence-corrected chi connectivity index (χ1v) is 23.6. The lowest BCUT2D eigenvalue weighted by Gasteiger charge is -2.33. The van der Waals surface area contributed by atoms with Crippen molar-refractivity contribution in [1.29, 1.82) is 0 Å². The summed E-state index contributed by atoms with van der Waals surface area (Å²) in [4.78, 5) is 61.1. The van der Waals surface area contributed by atoms with E-state index in [1.54, 1.807) is 32.9 Å². The van der Waals surface area contributed by atoms with Crippen molar-refractivity contribution in [3.05, 3.63) is 137 Å². The van der Waals surface area contributed by atoms with E-state index in [2.05, 4.69) is 32.9 Å². The van der Waals surface area contributed by atoms with E-state index in [4.69, 9.17) is 9.47 Å². The third-order valence-corrected chi connectivity index (χ3v) is 14.4. The molecule has 308 valence electrons. The van der Waals surface area contributed by atoms with Crippen LogP contribution >= 0.6 is 0 Å². The van der Waals surface area contributed by atoms with Gasteiger partial charge in [-0.25, -0.2) is 0 Å². The number of benzene rings is 4. The molecular formula is C48H55N3O7Si. The van der Waals surface area contributed by atoms with Gasteiger partial charge in [0, 0.05) is 42.3 Å². The first-order valence-electron chi connectivity index (χ1n) is 20.5. The summed E-state index contributed by atoms with van der Waals surface area (Å²) in [5, 5.41) is 9.98. The van der Waals surface area contributed by atoms with Crippen molar-refractivity contribution < 1.29 is 33.8 Å². The predicted octanol–water partition coefficient (Wildman–Crippen LogP) is 9.02. The van der Waals surface area contributed by atoms with E-state index in [1.807, 2.05) is 98.9 Å². The number of aliphatic hydroxyl groups is 1. The third-order valence-electron chi connectivity index (χ3n) is 11.9. The van der Waals surface area contributed by atoms with Crippen LogP contribution in [0.4, 0.5) is 17.1 Å². The van der Waals surface area contributed by atoms with E-state index in [1.165, 1.54) is 5.57 Å². The molecule has 4 aromatic carbocycles. The molecule has 0 aromatic heterocycles.